The zero-order valence-corrected chi connectivity index (χ0v) is 24.1. The Morgan fingerprint density at radius 3 is 2.47 bits per heavy atom. The molecule has 45 heavy (non-hydrogen) atoms. The van der Waals surface area contributed by atoms with Crippen molar-refractivity contribution in [2.45, 2.75) is 24.7 Å². The Bertz CT molecular complexity index is 1590. The van der Waals surface area contributed by atoms with Gasteiger partial charge in [-0.15, -0.1) is 5.10 Å². The lowest BCUT2D eigenvalue weighted by Crippen LogP contribution is -2.45. The number of nitrogens with zero attached hydrogens (tertiary/aromatic N) is 6. The van der Waals surface area contributed by atoms with Crippen LogP contribution in [0.5, 0.6) is 0 Å². The zero-order valence-electron chi connectivity index (χ0n) is 23.3. The summed E-state index contributed by atoms with van der Waals surface area (Å²) < 4.78 is 47.9. The molecule has 0 radical (unpaired) electrons. The average molecular weight is 648 g/mol. The van der Waals surface area contributed by atoms with E-state index in [0.29, 0.717) is 49.0 Å². The Kier molecular flexibility index (Phi) is 9.55. The molecule has 2 fully saturated rings. The summed E-state index contributed by atoms with van der Waals surface area (Å²) in [6, 6.07) is 8.75. The van der Waals surface area contributed by atoms with Gasteiger partial charge in [0.1, 0.15) is 12.4 Å². The van der Waals surface area contributed by atoms with Gasteiger partial charge in [-0.25, -0.2) is 9.59 Å². The van der Waals surface area contributed by atoms with Crippen molar-refractivity contribution in [3.05, 3.63) is 71.0 Å². The molecule has 1 N–H and O–H groups in total. The number of alkyl halides is 3. The molecule has 0 spiro atoms. The SMILES string of the molecule is O=C(OC(=O)C(F)(F)F)c1ccc(NC(=O)C2CC(N3CCOCC3)CN2C(=O)/C=C/c2cc(Cl)ccc2-n2cnnn2)cc1. The van der Waals surface area contributed by atoms with Gasteiger partial charge in [0.15, 0.2) is 0 Å². The van der Waals surface area contributed by atoms with E-state index < -0.39 is 36.0 Å². The minimum Gasteiger partial charge on any atom is -0.383 e. The third-order valence-corrected chi connectivity index (χ3v) is 7.46. The van der Waals surface area contributed by atoms with Crippen LogP contribution >= 0.6 is 11.6 Å². The maximum absolute atomic E-state index is 13.6. The Morgan fingerprint density at radius 1 is 1.07 bits per heavy atom. The average Bonchev–Trinajstić information content (AvgIpc) is 3.72. The predicted molar refractivity (Wildman–Crippen MR) is 151 cm³/mol. The van der Waals surface area contributed by atoms with Crippen LogP contribution in [0.4, 0.5) is 18.9 Å². The molecule has 2 aliphatic rings. The number of aromatic nitrogens is 4. The molecule has 2 amide bonds. The van der Waals surface area contributed by atoms with E-state index >= 15 is 0 Å². The van der Waals surface area contributed by atoms with E-state index in [-0.39, 0.29) is 23.8 Å². The molecule has 3 aromatic rings. The van der Waals surface area contributed by atoms with Crippen LogP contribution in [0.2, 0.25) is 5.02 Å². The number of morpholine rings is 1. The highest BCUT2D eigenvalue weighted by molar-refractivity contribution is 6.30. The molecule has 0 bridgehead atoms. The molecule has 236 valence electrons. The van der Waals surface area contributed by atoms with E-state index in [1.54, 1.807) is 24.3 Å². The van der Waals surface area contributed by atoms with Crippen molar-refractivity contribution in [2.75, 3.05) is 38.2 Å². The maximum Gasteiger partial charge on any atom is 0.491 e. The highest BCUT2D eigenvalue weighted by atomic mass is 35.5. The van der Waals surface area contributed by atoms with E-state index in [9.17, 15) is 32.3 Å². The maximum atomic E-state index is 13.6. The van der Waals surface area contributed by atoms with Gasteiger partial charge >= 0.3 is 18.1 Å². The summed E-state index contributed by atoms with van der Waals surface area (Å²) in [6.07, 6.45) is -0.697. The summed E-state index contributed by atoms with van der Waals surface area (Å²) in [7, 11) is 0. The fourth-order valence-corrected chi connectivity index (χ4v) is 5.21. The summed E-state index contributed by atoms with van der Waals surface area (Å²) in [6.45, 7) is 2.61. The Balaban J connectivity index is 1.32. The molecule has 0 aliphatic carbocycles. The van der Waals surface area contributed by atoms with Crippen molar-refractivity contribution in [3.8, 4) is 5.69 Å². The van der Waals surface area contributed by atoms with Gasteiger partial charge in [0.25, 0.3) is 0 Å². The Hall–Kier alpha value is -4.67. The van der Waals surface area contributed by atoms with Crippen LogP contribution in [0.25, 0.3) is 11.8 Å². The number of ether oxygens (including phenoxy) is 2. The second-order valence-corrected chi connectivity index (χ2v) is 10.5. The Morgan fingerprint density at radius 2 is 1.80 bits per heavy atom. The quantitative estimate of drug-likeness (QED) is 0.230. The van der Waals surface area contributed by atoms with E-state index in [0.717, 1.165) is 12.1 Å². The lowest BCUT2D eigenvalue weighted by molar-refractivity contribution is -0.193. The van der Waals surface area contributed by atoms with Gasteiger partial charge in [0.05, 0.1) is 24.5 Å². The second kappa shape index (κ2) is 13.5. The molecule has 2 saturated heterocycles. The van der Waals surface area contributed by atoms with Gasteiger partial charge in [0.2, 0.25) is 11.8 Å². The van der Waals surface area contributed by atoms with Crippen molar-refractivity contribution < 1.29 is 41.8 Å². The standard InChI is InChI=1S/C28H25ClF3N7O6/c29-19-4-7-22(39-16-33-35-36-39)18(13-19)3-8-24(40)38-15-21(37-9-11-44-12-10-37)14-23(38)25(41)34-20-5-1-17(2-6-20)26(42)45-27(43)28(30,31)32/h1-8,13,16,21,23H,9-12,14-15H2,(H,34,41)/b8-3+. The van der Waals surface area contributed by atoms with Gasteiger partial charge < -0.3 is 19.7 Å². The monoisotopic (exact) mass is 647 g/mol. The molecule has 2 aromatic carbocycles. The predicted octanol–water partition coefficient (Wildman–Crippen LogP) is 2.52. The van der Waals surface area contributed by atoms with Gasteiger partial charge in [-0.1, -0.05) is 11.6 Å². The molecule has 0 saturated carbocycles. The summed E-state index contributed by atoms with van der Waals surface area (Å²) in [5, 5.41) is 14.3. The normalized spacial score (nSPS) is 19.1. The number of anilines is 1. The van der Waals surface area contributed by atoms with Crippen molar-refractivity contribution >= 4 is 47.1 Å². The molecule has 1 aromatic heterocycles. The topological polar surface area (TPSA) is 149 Å². The van der Waals surface area contributed by atoms with Gasteiger partial charge in [-0.2, -0.15) is 17.9 Å². The van der Waals surface area contributed by atoms with E-state index in [2.05, 4.69) is 30.5 Å². The molecular weight excluding hydrogens is 623 g/mol. The molecule has 17 heteroatoms. The number of carbonyl (C=O) groups excluding carboxylic acids is 4. The highest BCUT2D eigenvalue weighted by Gasteiger charge is 2.43. The van der Waals surface area contributed by atoms with Gasteiger partial charge in [0, 0.05) is 48.0 Å². The number of halogens is 4. The summed E-state index contributed by atoms with van der Waals surface area (Å²) in [4.78, 5) is 53.5. The number of benzene rings is 2. The first-order chi connectivity index (χ1) is 21.5. The van der Waals surface area contributed by atoms with E-state index in [4.69, 9.17) is 16.3 Å². The molecule has 2 aliphatic heterocycles. The van der Waals surface area contributed by atoms with Crippen LogP contribution in [0.1, 0.15) is 22.3 Å². The number of rotatable bonds is 7. The fraction of sp³-hybridized carbons (Fsp3) is 0.321. The molecular formula is C28H25ClF3N7O6. The van der Waals surface area contributed by atoms with Crippen molar-refractivity contribution in [3.63, 3.8) is 0 Å². The van der Waals surface area contributed by atoms with Crippen LogP contribution in [-0.4, -0.2) is 105 Å². The number of tetrazole rings is 1. The van der Waals surface area contributed by atoms with Gasteiger partial charge in [-0.05, 0) is 65.4 Å². The largest absolute Gasteiger partial charge is 0.491 e. The van der Waals surface area contributed by atoms with Crippen LogP contribution in [0, 0.1) is 0 Å². The summed E-state index contributed by atoms with van der Waals surface area (Å²) in [5.41, 5.74) is 1.01. The lowest BCUT2D eigenvalue weighted by Gasteiger charge is -2.31. The van der Waals surface area contributed by atoms with Crippen LogP contribution in [0.15, 0.2) is 54.9 Å². The second-order valence-electron chi connectivity index (χ2n) is 10.1. The minimum absolute atomic E-state index is 0.117. The number of likely N-dealkylation sites (tertiary alicyclic amines) is 1. The lowest BCUT2D eigenvalue weighted by atomic mass is 10.1. The zero-order chi connectivity index (χ0) is 32.1. The number of nitrogens with one attached hydrogen (secondary N) is 1. The minimum atomic E-state index is -5.33. The van der Waals surface area contributed by atoms with Crippen molar-refractivity contribution in [1.82, 2.24) is 30.0 Å². The molecule has 3 heterocycles. The van der Waals surface area contributed by atoms with Crippen molar-refractivity contribution in [1.29, 1.82) is 0 Å². The van der Waals surface area contributed by atoms with Crippen molar-refractivity contribution in [2.24, 2.45) is 0 Å². The summed E-state index contributed by atoms with van der Waals surface area (Å²) in [5.74, 6) is -5.07. The molecule has 5 rings (SSSR count). The summed E-state index contributed by atoms with van der Waals surface area (Å²) >= 11 is 6.19. The number of hydrogen-bond acceptors (Lipinski definition) is 10. The first-order valence-electron chi connectivity index (χ1n) is 13.6. The molecule has 13 nitrogen and oxygen atoms in total. The first-order valence-corrected chi connectivity index (χ1v) is 13.9. The fourth-order valence-electron chi connectivity index (χ4n) is 5.03. The highest BCUT2D eigenvalue weighted by Crippen LogP contribution is 2.26. The third-order valence-electron chi connectivity index (χ3n) is 7.22. The van der Waals surface area contributed by atoms with Gasteiger partial charge in [-0.3, -0.25) is 14.5 Å². The number of carbonyl (C=O) groups is 4. The van der Waals surface area contributed by atoms with E-state index in [1.165, 1.54) is 34.1 Å². The number of hydrogen-bond donors (Lipinski definition) is 1. The number of esters is 2. The number of amides is 2. The molecule has 2 unspecified atom stereocenters. The smallest absolute Gasteiger partial charge is 0.383 e. The Labute approximate surface area is 258 Å². The van der Waals surface area contributed by atoms with E-state index in [1.807, 2.05) is 0 Å². The third kappa shape index (κ3) is 7.71. The van der Waals surface area contributed by atoms with Crippen LogP contribution in [-0.2, 0) is 23.9 Å². The first kappa shape index (κ1) is 31.7. The molecule has 2 atom stereocenters. The van der Waals surface area contributed by atoms with Crippen LogP contribution < -0.4 is 5.32 Å². The van der Waals surface area contributed by atoms with Crippen LogP contribution in [0.3, 0.4) is 0 Å².